The summed E-state index contributed by atoms with van der Waals surface area (Å²) >= 11 is 0. The molecule has 3 aliphatic rings. The van der Waals surface area contributed by atoms with Gasteiger partial charge in [-0.2, -0.15) is 5.10 Å². The maximum Gasteiger partial charge on any atom is 0.407 e. The lowest BCUT2D eigenvalue weighted by Gasteiger charge is -2.33. The average Bonchev–Trinajstić information content (AvgIpc) is 3.50. The second-order valence-corrected chi connectivity index (χ2v) is 9.84. The summed E-state index contributed by atoms with van der Waals surface area (Å²) in [5.41, 5.74) is 2.25. The standard InChI is InChI=1S/C25H30N8O4/c1-26-24(34)28-16-4-2-15(3-5-16)21-29-22(32-13-18-6-7-19(14-32)37-18)20-12-27-33(23(20)30-21)17-8-10-31(11-9-17)25(35)36/h2-5,12,17-19H,6-11,13-14H2,1H3,(H,35,36)(H2,26,28,34). The van der Waals surface area contributed by atoms with Gasteiger partial charge in [-0.3, -0.25) is 0 Å². The topological polar surface area (TPSA) is 138 Å². The molecule has 2 atom stereocenters. The van der Waals surface area contributed by atoms with Crippen LogP contribution >= 0.6 is 0 Å². The highest BCUT2D eigenvalue weighted by molar-refractivity contribution is 5.90. The molecule has 0 spiro atoms. The number of hydrogen-bond donors (Lipinski definition) is 3. The van der Waals surface area contributed by atoms with Crippen molar-refractivity contribution in [3.8, 4) is 11.4 Å². The number of rotatable bonds is 4. The van der Waals surface area contributed by atoms with Crippen LogP contribution in [-0.2, 0) is 4.74 Å². The first-order chi connectivity index (χ1) is 18.0. The molecule has 3 aromatic rings. The van der Waals surface area contributed by atoms with Gasteiger partial charge >= 0.3 is 12.1 Å². The van der Waals surface area contributed by atoms with Gasteiger partial charge in [0, 0.05) is 44.5 Å². The molecule has 3 fully saturated rings. The number of nitrogens with one attached hydrogen (secondary N) is 2. The van der Waals surface area contributed by atoms with Gasteiger partial charge in [0.15, 0.2) is 11.5 Å². The van der Waals surface area contributed by atoms with E-state index in [0.717, 1.165) is 48.3 Å². The molecule has 3 saturated heterocycles. The minimum absolute atomic E-state index is 0.0590. The summed E-state index contributed by atoms with van der Waals surface area (Å²) in [4.78, 5) is 36.8. The van der Waals surface area contributed by atoms with Gasteiger partial charge in [-0.25, -0.2) is 24.2 Å². The highest BCUT2D eigenvalue weighted by Crippen LogP contribution is 2.35. The lowest BCUT2D eigenvalue weighted by molar-refractivity contribution is 0.0303. The Balaban J connectivity index is 1.38. The smallest absolute Gasteiger partial charge is 0.407 e. The van der Waals surface area contributed by atoms with Crippen LogP contribution < -0.4 is 15.5 Å². The van der Waals surface area contributed by atoms with Crippen LogP contribution in [0.2, 0.25) is 0 Å². The number of urea groups is 1. The van der Waals surface area contributed by atoms with E-state index >= 15 is 0 Å². The number of anilines is 2. The molecular formula is C25H30N8O4. The summed E-state index contributed by atoms with van der Waals surface area (Å²) in [5.74, 6) is 1.43. The zero-order valence-corrected chi connectivity index (χ0v) is 20.6. The normalized spacial score (nSPS) is 21.9. The van der Waals surface area contributed by atoms with Crippen LogP contribution in [-0.4, -0.2) is 87.3 Å². The molecule has 5 heterocycles. The number of carbonyl (C=O) groups excluding carboxylic acids is 1. The third-order valence-corrected chi connectivity index (χ3v) is 7.49. The zero-order valence-electron chi connectivity index (χ0n) is 20.6. The molecule has 2 aromatic heterocycles. The van der Waals surface area contributed by atoms with Crippen LogP contribution in [0.25, 0.3) is 22.4 Å². The van der Waals surface area contributed by atoms with Crippen molar-refractivity contribution in [3.05, 3.63) is 30.5 Å². The van der Waals surface area contributed by atoms with Crippen molar-refractivity contribution in [2.45, 2.75) is 43.9 Å². The van der Waals surface area contributed by atoms with E-state index in [9.17, 15) is 14.7 Å². The fourth-order valence-corrected chi connectivity index (χ4v) is 5.53. The lowest BCUT2D eigenvalue weighted by Crippen LogP contribution is -2.43. The van der Waals surface area contributed by atoms with E-state index in [1.165, 1.54) is 4.90 Å². The van der Waals surface area contributed by atoms with E-state index in [4.69, 9.17) is 19.8 Å². The van der Waals surface area contributed by atoms with E-state index in [-0.39, 0.29) is 24.3 Å². The first-order valence-electron chi connectivity index (χ1n) is 12.7. The average molecular weight is 507 g/mol. The number of piperidine rings is 1. The second kappa shape index (κ2) is 9.51. The Kier molecular flexibility index (Phi) is 6.03. The van der Waals surface area contributed by atoms with Crippen LogP contribution in [0.1, 0.15) is 31.7 Å². The molecule has 194 valence electrons. The number of likely N-dealkylation sites (tertiary alicyclic amines) is 1. The molecule has 12 nitrogen and oxygen atoms in total. The minimum Gasteiger partial charge on any atom is -0.465 e. The molecule has 12 heteroatoms. The second-order valence-electron chi connectivity index (χ2n) is 9.84. The molecule has 0 aliphatic carbocycles. The maximum atomic E-state index is 11.7. The Hall–Kier alpha value is -3.93. The molecule has 2 bridgehead atoms. The lowest BCUT2D eigenvalue weighted by atomic mass is 10.1. The van der Waals surface area contributed by atoms with Crippen LogP contribution in [0.3, 0.4) is 0 Å². The van der Waals surface area contributed by atoms with Crippen LogP contribution in [0.5, 0.6) is 0 Å². The predicted octanol–water partition coefficient (Wildman–Crippen LogP) is 2.93. The molecule has 0 saturated carbocycles. The van der Waals surface area contributed by atoms with Crippen molar-refractivity contribution in [1.82, 2.24) is 30.0 Å². The van der Waals surface area contributed by atoms with E-state index in [2.05, 4.69) is 15.5 Å². The fourth-order valence-electron chi connectivity index (χ4n) is 5.53. The molecule has 1 aromatic carbocycles. The van der Waals surface area contributed by atoms with Gasteiger partial charge < -0.3 is 30.3 Å². The van der Waals surface area contributed by atoms with Crippen molar-refractivity contribution in [2.24, 2.45) is 0 Å². The number of carboxylic acid groups (broad SMARTS) is 1. The van der Waals surface area contributed by atoms with Crippen molar-refractivity contribution in [2.75, 3.05) is 43.4 Å². The fraction of sp³-hybridized carbons (Fsp3) is 0.480. The van der Waals surface area contributed by atoms with Gasteiger partial charge in [-0.1, -0.05) is 0 Å². The minimum atomic E-state index is -0.882. The number of carbonyl (C=O) groups is 2. The highest BCUT2D eigenvalue weighted by Gasteiger charge is 2.36. The van der Waals surface area contributed by atoms with E-state index in [1.807, 2.05) is 35.1 Å². The van der Waals surface area contributed by atoms with Gasteiger partial charge in [0.2, 0.25) is 0 Å². The monoisotopic (exact) mass is 506 g/mol. The van der Waals surface area contributed by atoms with Crippen LogP contribution in [0.15, 0.2) is 30.5 Å². The van der Waals surface area contributed by atoms with E-state index < -0.39 is 6.09 Å². The first-order valence-corrected chi connectivity index (χ1v) is 12.7. The molecule has 37 heavy (non-hydrogen) atoms. The Labute approximate surface area is 213 Å². The van der Waals surface area contributed by atoms with Gasteiger partial charge in [-0.05, 0) is 49.9 Å². The van der Waals surface area contributed by atoms with Gasteiger partial charge in [-0.15, -0.1) is 0 Å². The molecule has 2 unspecified atom stereocenters. The van der Waals surface area contributed by atoms with Gasteiger partial charge in [0.1, 0.15) is 5.82 Å². The molecule has 3 aliphatic heterocycles. The molecule has 3 amide bonds. The summed E-state index contributed by atoms with van der Waals surface area (Å²) in [5, 5.41) is 20.3. The molecular weight excluding hydrogens is 476 g/mol. The Morgan fingerprint density at radius 1 is 1.03 bits per heavy atom. The molecule has 3 N–H and O–H groups in total. The third-order valence-electron chi connectivity index (χ3n) is 7.49. The van der Waals surface area contributed by atoms with E-state index in [1.54, 1.807) is 7.05 Å². The molecule has 6 rings (SSSR count). The number of hydrogen-bond acceptors (Lipinski definition) is 7. The predicted molar refractivity (Wildman–Crippen MR) is 137 cm³/mol. The van der Waals surface area contributed by atoms with Crippen molar-refractivity contribution in [3.63, 3.8) is 0 Å². The van der Waals surface area contributed by atoms with Gasteiger partial charge in [0.05, 0.1) is 29.8 Å². The summed E-state index contributed by atoms with van der Waals surface area (Å²) < 4.78 is 8.01. The number of aromatic nitrogens is 4. The maximum absolute atomic E-state index is 11.7. The highest BCUT2D eigenvalue weighted by atomic mass is 16.5. The van der Waals surface area contributed by atoms with Crippen LogP contribution in [0.4, 0.5) is 21.1 Å². The van der Waals surface area contributed by atoms with Crippen molar-refractivity contribution in [1.29, 1.82) is 0 Å². The summed E-state index contributed by atoms with van der Waals surface area (Å²) in [6.07, 6.45) is 4.85. The first kappa shape index (κ1) is 23.5. The Morgan fingerprint density at radius 3 is 2.38 bits per heavy atom. The Morgan fingerprint density at radius 2 is 1.73 bits per heavy atom. The summed E-state index contributed by atoms with van der Waals surface area (Å²) in [6.45, 7) is 2.50. The number of morpholine rings is 1. The van der Waals surface area contributed by atoms with E-state index in [0.29, 0.717) is 37.4 Å². The summed E-state index contributed by atoms with van der Waals surface area (Å²) in [6, 6.07) is 7.21. The SMILES string of the molecule is CNC(=O)Nc1ccc(-c2nc(N3CC4CCC(C3)O4)c3cnn(C4CCN(C(=O)O)CC4)c3n2)cc1. The molecule has 0 radical (unpaired) electrons. The third kappa shape index (κ3) is 4.52. The largest absolute Gasteiger partial charge is 0.465 e. The van der Waals surface area contributed by atoms with Crippen LogP contribution in [0, 0.1) is 0 Å². The Bertz CT molecular complexity index is 1310. The quantitative estimate of drug-likeness (QED) is 0.491. The van der Waals surface area contributed by atoms with Crippen molar-refractivity contribution >= 4 is 34.7 Å². The number of fused-ring (bicyclic) bond motifs is 3. The number of nitrogens with zero attached hydrogens (tertiary/aromatic N) is 6. The number of benzene rings is 1. The summed E-state index contributed by atoms with van der Waals surface area (Å²) in [7, 11) is 1.57. The number of amides is 3. The van der Waals surface area contributed by atoms with Gasteiger partial charge in [0.25, 0.3) is 0 Å². The number of ether oxygens (including phenoxy) is 1. The zero-order chi connectivity index (χ0) is 25.5. The van der Waals surface area contributed by atoms with Crippen molar-refractivity contribution < 1.29 is 19.4 Å².